The van der Waals surface area contributed by atoms with E-state index in [9.17, 15) is 4.39 Å². The fraction of sp³-hybridized carbons (Fsp3) is 0.500. The number of nitrogens with one attached hydrogen (secondary N) is 1. The van der Waals surface area contributed by atoms with Crippen LogP contribution < -0.4 is 5.32 Å². The summed E-state index contributed by atoms with van der Waals surface area (Å²) in [5, 5.41) is 12.0. The van der Waals surface area contributed by atoms with Crippen LogP contribution in [0.3, 0.4) is 0 Å². The lowest BCUT2D eigenvalue weighted by molar-refractivity contribution is 0.365. The lowest BCUT2D eigenvalue weighted by atomic mass is 10.1. The van der Waals surface area contributed by atoms with E-state index in [-0.39, 0.29) is 5.56 Å². The molecule has 0 aliphatic rings. The molecule has 0 heterocycles. The first kappa shape index (κ1) is 14.6. The van der Waals surface area contributed by atoms with Crippen molar-refractivity contribution in [3.05, 3.63) is 35.1 Å². The average molecular weight is 249 g/mol. The third kappa shape index (κ3) is 4.44. The Morgan fingerprint density at radius 1 is 1.44 bits per heavy atom. The minimum Gasteiger partial charge on any atom is -0.310 e. The van der Waals surface area contributed by atoms with Gasteiger partial charge in [-0.15, -0.1) is 0 Å². The molecule has 0 saturated heterocycles. The first-order chi connectivity index (χ1) is 8.54. The Labute approximate surface area is 108 Å². The van der Waals surface area contributed by atoms with E-state index in [4.69, 9.17) is 5.26 Å². The van der Waals surface area contributed by atoms with E-state index in [2.05, 4.69) is 17.1 Å². The van der Waals surface area contributed by atoms with Gasteiger partial charge in [0.2, 0.25) is 0 Å². The smallest absolute Gasteiger partial charge is 0.145 e. The minimum atomic E-state index is -0.410. The van der Waals surface area contributed by atoms with Crippen molar-refractivity contribution >= 4 is 0 Å². The maximum atomic E-state index is 13.8. The molecule has 1 aromatic carbocycles. The molecule has 1 N–H and O–H groups in total. The zero-order valence-corrected chi connectivity index (χ0v) is 11.2. The molecule has 0 radical (unpaired) electrons. The van der Waals surface area contributed by atoms with E-state index in [0.717, 1.165) is 13.0 Å². The van der Waals surface area contributed by atoms with Crippen molar-refractivity contribution in [2.45, 2.75) is 25.9 Å². The fourth-order valence-electron chi connectivity index (χ4n) is 1.64. The number of halogens is 1. The summed E-state index contributed by atoms with van der Waals surface area (Å²) in [5.74, 6) is -0.410. The van der Waals surface area contributed by atoms with Crippen LogP contribution in [0.2, 0.25) is 0 Å². The average Bonchev–Trinajstić information content (AvgIpc) is 2.35. The highest BCUT2D eigenvalue weighted by Crippen LogP contribution is 2.12. The summed E-state index contributed by atoms with van der Waals surface area (Å²) in [4.78, 5) is 2.12. The molecule has 3 nitrogen and oxygen atoms in total. The summed E-state index contributed by atoms with van der Waals surface area (Å²) in [6.45, 7) is 3.53. The van der Waals surface area contributed by atoms with Gasteiger partial charge in [-0.05, 0) is 40.1 Å². The Morgan fingerprint density at radius 2 is 2.17 bits per heavy atom. The Morgan fingerprint density at radius 3 is 2.78 bits per heavy atom. The van der Waals surface area contributed by atoms with Crippen molar-refractivity contribution in [2.24, 2.45) is 0 Å². The molecule has 0 bridgehead atoms. The summed E-state index contributed by atoms with van der Waals surface area (Å²) >= 11 is 0. The normalized spacial score (nSPS) is 12.4. The van der Waals surface area contributed by atoms with E-state index >= 15 is 0 Å². The Balaban J connectivity index is 2.51. The van der Waals surface area contributed by atoms with Gasteiger partial charge in [0.05, 0.1) is 5.56 Å². The van der Waals surface area contributed by atoms with E-state index in [0.29, 0.717) is 18.2 Å². The molecule has 1 aromatic rings. The standard InChI is InChI=1S/C14H20FN3/c1-11(7-8-18(2)3)17-10-13-6-4-5-12(9-16)14(13)15/h4-6,11,17H,7-8,10H2,1-3H3. The fourth-order valence-corrected chi connectivity index (χ4v) is 1.64. The summed E-state index contributed by atoms with van der Waals surface area (Å²) in [5.41, 5.74) is 0.654. The molecule has 0 amide bonds. The predicted molar refractivity (Wildman–Crippen MR) is 70.6 cm³/mol. The monoisotopic (exact) mass is 249 g/mol. The van der Waals surface area contributed by atoms with Crippen LogP contribution in [-0.4, -0.2) is 31.6 Å². The minimum absolute atomic E-state index is 0.107. The molecule has 0 fully saturated rings. The zero-order chi connectivity index (χ0) is 13.5. The van der Waals surface area contributed by atoms with Crippen molar-refractivity contribution in [1.82, 2.24) is 10.2 Å². The van der Waals surface area contributed by atoms with Gasteiger partial charge >= 0.3 is 0 Å². The van der Waals surface area contributed by atoms with Crippen LogP contribution in [0.5, 0.6) is 0 Å². The number of rotatable bonds is 6. The van der Waals surface area contributed by atoms with Gasteiger partial charge in [0.25, 0.3) is 0 Å². The van der Waals surface area contributed by atoms with Gasteiger partial charge in [0.15, 0.2) is 0 Å². The van der Waals surface area contributed by atoms with Crippen LogP contribution in [-0.2, 0) is 6.54 Å². The quantitative estimate of drug-likeness (QED) is 0.839. The van der Waals surface area contributed by atoms with Crippen molar-refractivity contribution < 1.29 is 4.39 Å². The third-order valence-corrected chi connectivity index (χ3v) is 2.85. The molecule has 0 aromatic heterocycles. The Hall–Kier alpha value is -1.44. The highest BCUT2D eigenvalue weighted by molar-refractivity contribution is 5.34. The highest BCUT2D eigenvalue weighted by atomic mass is 19.1. The molecule has 1 rings (SSSR count). The molecule has 0 aliphatic heterocycles. The lowest BCUT2D eigenvalue weighted by Gasteiger charge is -2.17. The summed E-state index contributed by atoms with van der Waals surface area (Å²) in [6, 6.07) is 7.09. The van der Waals surface area contributed by atoms with Gasteiger partial charge in [-0.3, -0.25) is 0 Å². The summed E-state index contributed by atoms with van der Waals surface area (Å²) < 4.78 is 13.8. The van der Waals surface area contributed by atoms with Crippen LogP contribution in [0.4, 0.5) is 4.39 Å². The second kappa shape index (κ2) is 7.10. The number of hydrogen-bond donors (Lipinski definition) is 1. The van der Waals surface area contributed by atoms with Crippen LogP contribution in [0, 0.1) is 17.1 Å². The molecular weight excluding hydrogens is 229 g/mol. The van der Waals surface area contributed by atoms with Gasteiger partial charge in [0, 0.05) is 18.2 Å². The lowest BCUT2D eigenvalue weighted by Crippen LogP contribution is -2.29. The van der Waals surface area contributed by atoms with Crippen LogP contribution in [0.15, 0.2) is 18.2 Å². The molecular formula is C14H20FN3. The molecule has 1 atom stereocenters. The van der Waals surface area contributed by atoms with E-state index in [1.807, 2.05) is 20.2 Å². The van der Waals surface area contributed by atoms with E-state index in [1.54, 1.807) is 12.1 Å². The summed E-state index contributed by atoms with van der Waals surface area (Å²) in [6.07, 6.45) is 1.01. The second-order valence-electron chi connectivity index (χ2n) is 4.76. The molecule has 18 heavy (non-hydrogen) atoms. The first-order valence-corrected chi connectivity index (χ1v) is 6.10. The molecule has 0 aliphatic carbocycles. The van der Waals surface area contributed by atoms with Crippen molar-refractivity contribution in [1.29, 1.82) is 5.26 Å². The first-order valence-electron chi connectivity index (χ1n) is 6.10. The number of nitriles is 1. The zero-order valence-electron chi connectivity index (χ0n) is 11.2. The number of hydrogen-bond acceptors (Lipinski definition) is 3. The SMILES string of the molecule is CC(CCN(C)C)NCc1cccc(C#N)c1F. The van der Waals surface area contributed by atoms with Crippen LogP contribution in [0.1, 0.15) is 24.5 Å². The van der Waals surface area contributed by atoms with E-state index in [1.165, 1.54) is 6.07 Å². The molecule has 0 saturated carbocycles. The molecule has 1 unspecified atom stereocenters. The van der Waals surface area contributed by atoms with Gasteiger partial charge < -0.3 is 10.2 Å². The van der Waals surface area contributed by atoms with Gasteiger partial charge in [0.1, 0.15) is 11.9 Å². The topological polar surface area (TPSA) is 39.1 Å². The summed E-state index contributed by atoms with van der Waals surface area (Å²) in [7, 11) is 4.06. The highest BCUT2D eigenvalue weighted by Gasteiger charge is 2.08. The van der Waals surface area contributed by atoms with Gasteiger partial charge in [-0.2, -0.15) is 5.26 Å². The Kier molecular flexibility index (Phi) is 5.76. The maximum absolute atomic E-state index is 13.8. The second-order valence-corrected chi connectivity index (χ2v) is 4.76. The van der Waals surface area contributed by atoms with Crippen LogP contribution in [0.25, 0.3) is 0 Å². The molecule has 0 spiro atoms. The molecule has 4 heteroatoms. The van der Waals surface area contributed by atoms with Crippen molar-refractivity contribution in [3.8, 4) is 6.07 Å². The van der Waals surface area contributed by atoms with E-state index < -0.39 is 5.82 Å². The van der Waals surface area contributed by atoms with Crippen LogP contribution >= 0.6 is 0 Å². The van der Waals surface area contributed by atoms with Crippen molar-refractivity contribution in [2.75, 3.05) is 20.6 Å². The van der Waals surface area contributed by atoms with Gasteiger partial charge in [-0.25, -0.2) is 4.39 Å². The third-order valence-electron chi connectivity index (χ3n) is 2.85. The van der Waals surface area contributed by atoms with Gasteiger partial charge in [-0.1, -0.05) is 12.1 Å². The number of benzene rings is 1. The largest absolute Gasteiger partial charge is 0.310 e. The van der Waals surface area contributed by atoms with Crippen molar-refractivity contribution in [3.63, 3.8) is 0 Å². The maximum Gasteiger partial charge on any atom is 0.145 e. The number of nitrogens with zero attached hydrogens (tertiary/aromatic N) is 2. The molecule has 98 valence electrons. The predicted octanol–water partition coefficient (Wildman–Crippen LogP) is 2.13. The Bertz CT molecular complexity index is 424.